The van der Waals surface area contributed by atoms with E-state index in [1.54, 1.807) is 0 Å². The van der Waals surface area contributed by atoms with Crippen LogP contribution in [0.15, 0.2) is 9.79 Å². The van der Waals surface area contributed by atoms with Gasteiger partial charge in [0.2, 0.25) is 30.4 Å². The zero-order valence-corrected chi connectivity index (χ0v) is 14.6. The third kappa shape index (κ3) is 2.60. The van der Waals surface area contributed by atoms with Crippen molar-refractivity contribution < 1.29 is 35.0 Å². The van der Waals surface area contributed by atoms with Gasteiger partial charge in [-0.1, -0.05) is 0 Å². The number of ether oxygens (including phenoxy) is 2. The predicted octanol–water partition coefficient (Wildman–Crippen LogP) is -3.76. The van der Waals surface area contributed by atoms with Crippen LogP contribution in [0.5, 0.6) is 0 Å². The standard InChI is InChI=1S/C15H21N5O8/c16-15-18-12-9(13(26)19-15)17-4-20(12,8-1-5(23)6(2-21)27-8)14-11(25)10(24)7(3-22)28-14/h4-8,10-11,14,21-25H,1-3H2,(H2-,16,18,19,26)/p+1/t5-,6+,7+,8-,10+,11+,14+,20?/m0/s1. The van der Waals surface area contributed by atoms with Crippen LogP contribution in [0.2, 0.25) is 0 Å². The van der Waals surface area contributed by atoms with Gasteiger partial charge in [0.25, 0.3) is 11.4 Å². The second kappa shape index (κ2) is 6.82. The molecule has 4 heterocycles. The van der Waals surface area contributed by atoms with Crippen molar-refractivity contribution in [2.75, 3.05) is 18.9 Å². The SMILES string of the molecule is Nc1nc2c(c(=O)[nH]1)N=C[N+]2([C@@H]1C[C@H](O)[C@@H](CO)O1)[C@@H]1O[C@H](CO)[C@@H](O)[C@H]1O. The summed E-state index contributed by atoms with van der Waals surface area (Å²) in [6.45, 7) is -1.01. The van der Waals surface area contributed by atoms with Crippen molar-refractivity contribution >= 4 is 23.8 Å². The van der Waals surface area contributed by atoms with Crippen molar-refractivity contribution in [3.05, 3.63) is 10.4 Å². The van der Waals surface area contributed by atoms with E-state index in [0.717, 1.165) is 0 Å². The molecule has 4 rings (SSSR count). The first-order chi connectivity index (χ1) is 13.3. The lowest BCUT2D eigenvalue weighted by molar-refractivity contribution is -0.133. The largest absolute Gasteiger partial charge is 0.394 e. The molecule has 13 heteroatoms. The first-order valence-corrected chi connectivity index (χ1v) is 8.74. The molecule has 154 valence electrons. The third-order valence-electron chi connectivity index (χ3n) is 5.44. The Hall–Kier alpha value is -1.97. The number of hydrogen-bond donors (Lipinski definition) is 7. The summed E-state index contributed by atoms with van der Waals surface area (Å²) in [5.41, 5.74) is 4.98. The Morgan fingerprint density at radius 2 is 1.89 bits per heavy atom. The number of nitrogen functional groups attached to an aromatic ring is 1. The number of aliphatic hydroxyl groups is 5. The lowest BCUT2D eigenvalue weighted by Crippen LogP contribution is -2.65. The number of hydrogen-bond acceptors (Lipinski definition) is 11. The molecule has 0 amide bonds. The topological polar surface area (TPSA) is 204 Å². The fourth-order valence-corrected chi connectivity index (χ4v) is 4.01. The molecule has 3 aliphatic rings. The van der Waals surface area contributed by atoms with Gasteiger partial charge in [-0.2, -0.15) is 14.5 Å². The number of aliphatic imine (C=N–C) groups is 1. The van der Waals surface area contributed by atoms with E-state index in [2.05, 4.69) is 15.0 Å². The normalized spacial score (nSPS) is 42.2. The third-order valence-corrected chi connectivity index (χ3v) is 5.44. The molecule has 8 atom stereocenters. The number of anilines is 1. The number of fused-ring (bicyclic) bond motifs is 1. The van der Waals surface area contributed by atoms with Crippen LogP contribution in [0, 0.1) is 0 Å². The average molecular weight is 400 g/mol. The van der Waals surface area contributed by atoms with Gasteiger partial charge in [-0.15, -0.1) is 0 Å². The average Bonchev–Trinajstić information content (AvgIpc) is 3.31. The molecule has 0 radical (unpaired) electrons. The van der Waals surface area contributed by atoms with Gasteiger partial charge in [-0.05, 0) is 0 Å². The van der Waals surface area contributed by atoms with Gasteiger partial charge >= 0.3 is 0 Å². The zero-order valence-electron chi connectivity index (χ0n) is 14.6. The molecule has 0 aliphatic carbocycles. The molecule has 0 bridgehead atoms. The Morgan fingerprint density at radius 3 is 2.50 bits per heavy atom. The van der Waals surface area contributed by atoms with Crippen LogP contribution >= 0.6 is 0 Å². The molecular weight excluding hydrogens is 378 g/mol. The highest BCUT2D eigenvalue weighted by Gasteiger charge is 2.63. The summed E-state index contributed by atoms with van der Waals surface area (Å²) in [6, 6.07) is 0. The van der Waals surface area contributed by atoms with Gasteiger partial charge in [-0.25, -0.2) is 0 Å². The van der Waals surface area contributed by atoms with Gasteiger partial charge < -0.3 is 40.7 Å². The van der Waals surface area contributed by atoms with E-state index < -0.39 is 66.2 Å². The molecule has 1 aromatic rings. The quantitative estimate of drug-likeness (QED) is 0.246. The van der Waals surface area contributed by atoms with Gasteiger partial charge in [0.1, 0.15) is 18.3 Å². The molecule has 2 saturated heterocycles. The molecule has 13 nitrogen and oxygen atoms in total. The van der Waals surface area contributed by atoms with Gasteiger partial charge in [0.05, 0.1) is 25.7 Å². The van der Waals surface area contributed by atoms with E-state index in [0.29, 0.717) is 0 Å². The van der Waals surface area contributed by atoms with Crippen LogP contribution < -0.4 is 15.8 Å². The van der Waals surface area contributed by atoms with Crippen molar-refractivity contribution in [3.8, 4) is 0 Å². The van der Waals surface area contributed by atoms with Crippen LogP contribution in [-0.2, 0) is 9.47 Å². The van der Waals surface area contributed by atoms with Crippen LogP contribution in [0.25, 0.3) is 0 Å². The molecule has 1 aromatic heterocycles. The molecule has 1 unspecified atom stereocenters. The molecule has 0 aromatic carbocycles. The Balaban J connectivity index is 1.86. The van der Waals surface area contributed by atoms with Gasteiger partial charge in [-0.3, -0.25) is 9.78 Å². The number of H-pyrrole nitrogens is 1. The lowest BCUT2D eigenvalue weighted by Gasteiger charge is -2.39. The molecule has 2 fully saturated rings. The number of aromatic amines is 1. The first kappa shape index (κ1) is 19.4. The van der Waals surface area contributed by atoms with E-state index in [9.17, 15) is 30.3 Å². The summed E-state index contributed by atoms with van der Waals surface area (Å²) in [6.07, 6.45) is -6.90. The molecule has 0 spiro atoms. The smallest absolute Gasteiger partial charge is 0.284 e. The maximum absolute atomic E-state index is 12.3. The number of nitrogens with zero attached hydrogens (tertiary/aromatic N) is 3. The number of quaternary nitrogens is 1. The van der Waals surface area contributed by atoms with Crippen LogP contribution in [0.3, 0.4) is 0 Å². The number of rotatable bonds is 4. The highest BCUT2D eigenvalue weighted by atomic mass is 16.6. The van der Waals surface area contributed by atoms with E-state index in [1.165, 1.54) is 6.34 Å². The Bertz CT molecular complexity index is 848. The molecule has 0 saturated carbocycles. The Kier molecular flexibility index (Phi) is 4.71. The monoisotopic (exact) mass is 400 g/mol. The summed E-state index contributed by atoms with van der Waals surface area (Å²) < 4.78 is 10.9. The number of aliphatic hydroxyl groups excluding tert-OH is 5. The van der Waals surface area contributed by atoms with E-state index in [-0.39, 0.29) is 23.9 Å². The number of nitrogens with one attached hydrogen (secondary N) is 1. The molecule has 3 aliphatic heterocycles. The van der Waals surface area contributed by atoms with Crippen LogP contribution in [0.4, 0.5) is 17.5 Å². The summed E-state index contributed by atoms with van der Waals surface area (Å²) in [7, 11) is 0. The van der Waals surface area contributed by atoms with E-state index in [4.69, 9.17) is 15.2 Å². The van der Waals surface area contributed by atoms with Crippen LogP contribution in [0.1, 0.15) is 6.42 Å². The van der Waals surface area contributed by atoms with Crippen LogP contribution in [-0.4, -0.2) is 98.0 Å². The highest BCUT2D eigenvalue weighted by molar-refractivity contribution is 5.87. The Morgan fingerprint density at radius 1 is 1.18 bits per heavy atom. The van der Waals surface area contributed by atoms with Crippen molar-refractivity contribution in [2.24, 2.45) is 4.99 Å². The maximum atomic E-state index is 12.3. The number of aromatic nitrogens is 2. The molecule has 8 N–H and O–H groups in total. The lowest BCUT2D eigenvalue weighted by atomic mass is 10.1. The maximum Gasteiger partial charge on any atom is 0.284 e. The minimum Gasteiger partial charge on any atom is -0.394 e. The van der Waals surface area contributed by atoms with Gasteiger partial charge in [0.15, 0.2) is 6.10 Å². The van der Waals surface area contributed by atoms with E-state index in [1.807, 2.05) is 0 Å². The second-order valence-corrected chi connectivity index (χ2v) is 7.05. The minimum absolute atomic E-state index is 0.00244. The predicted molar refractivity (Wildman–Crippen MR) is 93.3 cm³/mol. The van der Waals surface area contributed by atoms with Gasteiger partial charge in [0, 0.05) is 0 Å². The van der Waals surface area contributed by atoms with Crippen molar-refractivity contribution in [1.82, 2.24) is 14.5 Å². The van der Waals surface area contributed by atoms with Crippen molar-refractivity contribution in [3.63, 3.8) is 0 Å². The molecule has 28 heavy (non-hydrogen) atoms. The first-order valence-electron chi connectivity index (χ1n) is 8.74. The fraction of sp³-hybridized carbons (Fsp3) is 0.667. The summed E-state index contributed by atoms with van der Waals surface area (Å²) in [5, 5.41) is 49.9. The summed E-state index contributed by atoms with van der Waals surface area (Å²) in [4.78, 5) is 22.8. The van der Waals surface area contributed by atoms with Crippen molar-refractivity contribution in [2.45, 2.75) is 49.4 Å². The fourth-order valence-electron chi connectivity index (χ4n) is 4.01. The minimum atomic E-state index is -1.49. The zero-order chi connectivity index (χ0) is 20.2. The van der Waals surface area contributed by atoms with E-state index >= 15 is 0 Å². The summed E-state index contributed by atoms with van der Waals surface area (Å²) in [5.74, 6) is -0.201. The Labute approximate surface area is 157 Å². The summed E-state index contributed by atoms with van der Waals surface area (Å²) >= 11 is 0. The number of nitrogens with two attached hydrogens (primary N) is 1. The van der Waals surface area contributed by atoms with Crippen molar-refractivity contribution in [1.29, 1.82) is 0 Å². The second-order valence-electron chi connectivity index (χ2n) is 7.05. The molecular formula is C15H22N5O8+. The highest BCUT2D eigenvalue weighted by Crippen LogP contribution is 2.45.